The molecule has 0 aliphatic heterocycles. The molecule has 3 atom stereocenters. The normalized spacial score (nSPS) is 18.1. The number of aliphatic hydroxyl groups is 2. The smallest absolute Gasteiger partial charge is 0.308 e. The third kappa shape index (κ3) is 6.47. The van der Waals surface area contributed by atoms with Gasteiger partial charge in [0.05, 0.1) is 18.6 Å². The van der Waals surface area contributed by atoms with Crippen LogP contribution < -0.4 is 0 Å². The number of aliphatic hydroxyl groups excluding tert-OH is 2. The van der Waals surface area contributed by atoms with E-state index in [1.807, 2.05) is 0 Å². The van der Waals surface area contributed by atoms with Crippen LogP contribution in [0.15, 0.2) is 0 Å². The van der Waals surface area contributed by atoms with Gasteiger partial charge in [0.15, 0.2) is 0 Å². The maximum atomic E-state index is 11.3. The standard InChI is InChI=1S/C11H22O4/c1-7(8(2)12)9(13)6-10(14)15-11(3,4)5/h7-9,12-13H,6H2,1-5H3/t7?,8-,9+/m1/s1. The van der Waals surface area contributed by atoms with E-state index in [1.54, 1.807) is 34.6 Å². The fourth-order valence-electron chi connectivity index (χ4n) is 1.06. The predicted molar refractivity (Wildman–Crippen MR) is 57.3 cm³/mol. The number of esters is 1. The van der Waals surface area contributed by atoms with Crippen LogP contribution >= 0.6 is 0 Å². The van der Waals surface area contributed by atoms with Crippen molar-refractivity contribution in [3.63, 3.8) is 0 Å². The van der Waals surface area contributed by atoms with Crippen LogP contribution in [0.2, 0.25) is 0 Å². The van der Waals surface area contributed by atoms with Crippen LogP contribution in [-0.2, 0) is 9.53 Å². The molecule has 0 rings (SSSR count). The summed E-state index contributed by atoms with van der Waals surface area (Å²) >= 11 is 0. The zero-order valence-electron chi connectivity index (χ0n) is 10.2. The first-order valence-electron chi connectivity index (χ1n) is 5.21. The third-order valence-corrected chi connectivity index (χ3v) is 2.16. The summed E-state index contributed by atoms with van der Waals surface area (Å²) in [6.45, 7) is 8.60. The Hall–Kier alpha value is -0.610. The van der Waals surface area contributed by atoms with Crippen molar-refractivity contribution in [1.82, 2.24) is 0 Å². The second kappa shape index (κ2) is 5.47. The van der Waals surface area contributed by atoms with Gasteiger partial charge in [0.1, 0.15) is 5.60 Å². The predicted octanol–water partition coefficient (Wildman–Crippen LogP) is 1.10. The summed E-state index contributed by atoms with van der Waals surface area (Å²) < 4.78 is 5.06. The average Bonchev–Trinajstić information content (AvgIpc) is 1.98. The summed E-state index contributed by atoms with van der Waals surface area (Å²) in [4.78, 5) is 11.3. The molecule has 0 amide bonds. The van der Waals surface area contributed by atoms with Crippen molar-refractivity contribution in [3.8, 4) is 0 Å². The van der Waals surface area contributed by atoms with Gasteiger partial charge in [0, 0.05) is 5.92 Å². The zero-order valence-corrected chi connectivity index (χ0v) is 10.2. The molecule has 0 aliphatic carbocycles. The summed E-state index contributed by atoms with van der Waals surface area (Å²) in [6, 6.07) is 0. The zero-order chi connectivity index (χ0) is 12.2. The van der Waals surface area contributed by atoms with E-state index in [4.69, 9.17) is 4.74 Å². The molecule has 0 aromatic heterocycles. The minimum atomic E-state index is -0.861. The second-order valence-corrected chi connectivity index (χ2v) is 4.96. The van der Waals surface area contributed by atoms with Crippen LogP contribution in [-0.4, -0.2) is 34.0 Å². The topological polar surface area (TPSA) is 66.8 Å². The van der Waals surface area contributed by atoms with Crippen molar-refractivity contribution in [2.24, 2.45) is 5.92 Å². The first kappa shape index (κ1) is 14.4. The Kier molecular flexibility index (Phi) is 5.24. The van der Waals surface area contributed by atoms with E-state index in [1.165, 1.54) is 0 Å². The Bertz CT molecular complexity index is 205. The van der Waals surface area contributed by atoms with E-state index in [0.29, 0.717) is 0 Å². The van der Waals surface area contributed by atoms with E-state index >= 15 is 0 Å². The van der Waals surface area contributed by atoms with Crippen LogP contribution in [0.3, 0.4) is 0 Å². The van der Waals surface area contributed by atoms with Crippen molar-refractivity contribution in [2.75, 3.05) is 0 Å². The van der Waals surface area contributed by atoms with Crippen molar-refractivity contribution in [3.05, 3.63) is 0 Å². The Labute approximate surface area is 91.3 Å². The maximum Gasteiger partial charge on any atom is 0.308 e. The second-order valence-electron chi connectivity index (χ2n) is 4.96. The minimum absolute atomic E-state index is 0.0800. The number of ether oxygens (including phenoxy) is 1. The van der Waals surface area contributed by atoms with E-state index in [-0.39, 0.29) is 12.3 Å². The van der Waals surface area contributed by atoms with Gasteiger partial charge in [-0.3, -0.25) is 4.79 Å². The van der Waals surface area contributed by atoms with Gasteiger partial charge < -0.3 is 14.9 Å². The molecule has 0 aromatic rings. The monoisotopic (exact) mass is 218 g/mol. The molecule has 0 radical (unpaired) electrons. The minimum Gasteiger partial charge on any atom is -0.460 e. The quantitative estimate of drug-likeness (QED) is 0.693. The Morgan fingerprint density at radius 1 is 1.27 bits per heavy atom. The lowest BCUT2D eigenvalue weighted by Crippen LogP contribution is -2.32. The molecule has 0 heterocycles. The van der Waals surface area contributed by atoms with Gasteiger partial charge in [0.2, 0.25) is 0 Å². The number of carbonyl (C=O) groups excluding carboxylic acids is 1. The molecule has 1 unspecified atom stereocenters. The number of rotatable bonds is 4. The van der Waals surface area contributed by atoms with E-state index in [2.05, 4.69) is 0 Å². The van der Waals surface area contributed by atoms with E-state index < -0.39 is 23.8 Å². The molecule has 15 heavy (non-hydrogen) atoms. The van der Waals surface area contributed by atoms with Crippen molar-refractivity contribution >= 4 is 5.97 Å². The van der Waals surface area contributed by atoms with Crippen LogP contribution in [0.25, 0.3) is 0 Å². The molecule has 0 aliphatic rings. The molecule has 0 fully saturated rings. The SMILES string of the molecule is CC([C@@H](C)O)[C@@H](O)CC(=O)OC(C)(C)C. The van der Waals surface area contributed by atoms with Gasteiger partial charge in [0.25, 0.3) is 0 Å². The average molecular weight is 218 g/mol. The molecule has 0 saturated carbocycles. The molecule has 0 aromatic carbocycles. The summed E-state index contributed by atoms with van der Waals surface area (Å²) in [5, 5.41) is 18.8. The van der Waals surface area contributed by atoms with Crippen molar-refractivity contribution in [1.29, 1.82) is 0 Å². The summed E-state index contributed by atoms with van der Waals surface area (Å²) in [7, 11) is 0. The summed E-state index contributed by atoms with van der Waals surface area (Å²) in [5.41, 5.74) is -0.537. The summed E-state index contributed by atoms with van der Waals surface area (Å²) in [6.07, 6.45) is -1.58. The molecule has 0 bridgehead atoms. The lowest BCUT2D eigenvalue weighted by atomic mass is 9.97. The molecule has 2 N–H and O–H groups in total. The lowest BCUT2D eigenvalue weighted by Gasteiger charge is -2.23. The Morgan fingerprint density at radius 2 is 1.73 bits per heavy atom. The van der Waals surface area contributed by atoms with Gasteiger partial charge in [-0.2, -0.15) is 0 Å². The maximum absolute atomic E-state index is 11.3. The molecular weight excluding hydrogens is 196 g/mol. The molecule has 0 saturated heterocycles. The molecule has 90 valence electrons. The lowest BCUT2D eigenvalue weighted by molar-refractivity contribution is -0.158. The van der Waals surface area contributed by atoms with Gasteiger partial charge in [-0.25, -0.2) is 0 Å². The Balaban J connectivity index is 4.08. The molecule has 4 heteroatoms. The summed E-state index contributed by atoms with van der Waals surface area (Å²) in [5.74, 6) is -0.778. The first-order chi connectivity index (χ1) is 6.63. The van der Waals surface area contributed by atoms with Crippen molar-refractivity contribution < 1.29 is 19.7 Å². The number of carbonyl (C=O) groups is 1. The fraction of sp³-hybridized carbons (Fsp3) is 0.909. The highest BCUT2D eigenvalue weighted by Crippen LogP contribution is 2.15. The Morgan fingerprint density at radius 3 is 2.07 bits per heavy atom. The van der Waals surface area contributed by atoms with Gasteiger partial charge >= 0.3 is 5.97 Å². The molecule has 0 spiro atoms. The van der Waals surface area contributed by atoms with Gasteiger partial charge in [-0.15, -0.1) is 0 Å². The van der Waals surface area contributed by atoms with Crippen molar-refractivity contribution in [2.45, 2.75) is 58.8 Å². The molecular formula is C11H22O4. The highest BCUT2D eigenvalue weighted by molar-refractivity contribution is 5.70. The van der Waals surface area contributed by atoms with Crippen LogP contribution in [0.4, 0.5) is 0 Å². The van der Waals surface area contributed by atoms with Gasteiger partial charge in [-0.05, 0) is 27.7 Å². The largest absolute Gasteiger partial charge is 0.460 e. The highest BCUT2D eigenvalue weighted by Gasteiger charge is 2.24. The van der Waals surface area contributed by atoms with E-state index in [0.717, 1.165) is 0 Å². The van der Waals surface area contributed by atoms with Crippen LogP contribution in [0.5, 0.6) is 0 Å². The van der Waals surface area contributed by atoms with Crippen LogP contribution in [0.1, 0.15) is 41.0 Å². The molecule has 4 nitrogen and oxygen atoms in total. The van der Waals surface area contributed by atoms with Crippen LogP contribution in [0, 0.1) is 5.92 Å². The fourth-order valence-corrected chi connectivity index (χ4v) is 1.06. The number of hydrogen-bond donors (Lipinski definition) is 2. The first-order valence-corrected chi connectivity index (χ1v) is 5.21. The highest BCUT2D eigenvalue weighted by atomic mass is 16.6. The van der Waals surface area contributed by atoms with E-state index in [9.17, 15) is 15.0 Å². The third-order valence-electron chi connectivity index (χ3n) is 2.16. The van der Waals surface area contributed by atoms with Gasteiger partial charge in [-0.1, -0.05) is 6.92 Å². The number of hydrogen-bond acceptors (Lipinski definition) is 4.